The number of fused-ring (bicyclic) bond motifs is 3. The fourth-order valence-electron chi connectivity index (χ4n) is 3.54. The molecule has 7 heteroatoms. The minimum absolute atomic E-state index is 0.268. The van der Waals surface area contributed by atoms with E-state index in [4.69, 9.17) is 0 Å². The fourth-order valence-corrected chi connectivity index (χ4v) is 4.06. The van der Waals surface area contributed by atoms with Crippen molar-refractivity contribution in [3.05, 3.63) is 47.5 Å². The molecule has 1 atom stereocenters. The van der Waals surface area contributed by atoms with E-state index < -0.39 is 5.60 Å². The summed E-state index contributed by atoms with van der Waals surface area (Å²) < 4.78 is 8.48. The van der Waals surface area contributed by atoms with Crippen molar-refractivity contribution in [2.45, 2.75) is 18.9 Å². The summed E-state index contributed by atoms with van der Waals surface area (Å²) in [5, 5.41) is 11.1. The highest BCUT2D eigenvalue weighted by atomic mass is 32.1. The number of anilines is 1. The predicted octanol–water partition coefficient (Wildman–Crippen LogP) is 2.87. The lowest BCUT2D eigenvalue weighted by molar-refractivity contribution is 0.0602. The van der Waals surface area contributed by atoms with E-state index >= 15 is 0 Å². The molecule has 5 rings (SSSR count). The molecule has 6 nitrogen and oxygen atoms in total. The molecule has 2 aliphatic heterocycles. The lowest BCUT2D eigenvalue weighted by atomic mass is 9.87. The number of nitrogens with zero attached hydrogens (tertiary/aromatic N) is 4. The third-order valence-corrected chi connectivity index (χ3v) is 5.43. The van der Waals surface area contributed by atoms with Gasteiger partial charge in [0.2, 0.25) is 5.78 Å². The summed E-state index contributed by atoms with van der Waals surface area (Å²) in [6, 6.07) is 11.3. The van der Waals surface area contributed by atoms with E-state index in [-0.39, 0.29) is 5.78 Å². The van der Waals surface area contributed by atoms with Gasteiger partial charge in [-0.15, -0.1) is 0 Å². The van der Waals surface area contributed by atoms with Crippen LogP contribution in [0.15, 0.2) is 41.4 Å². The Balaban J connectivity index is 1.67. The van der Waals surface area contributed by atoms with Gasteiger partial charge in [-0.2, -0.15) is 8.75 Å². The van der Waals surface area contributed by atoms with Gasteiger partial charge in [0.05, 0.1) is 17.4 Å². The summed E-state index contributed by atoms with van der Waals surface area (Å²) in [6.45, 7) is 2.45. The van der Waals surface area contributed by atoms with Crippen LogP contribution in [0.4, 0.5) is 11.4 Å². The number of benzene rings is 2. The van der Waals surface area contributed by atoms with Crippen LogP contribution in [-0.2, 0) is 0 Å². The Bertz CT molecular complexity index is 1070. The Morgan fingerprint density at radius 2 is 2.00 bits per heavy atom. The second-order valence-electron chi connectivity index (χ2n) is 6.48. The number of carbonyl (C=O) groups excluding carboxylic acids is 1. The average molecular weight is 350 g/mol. The van der Waals surface area contributed by atoms with Gasteiger partial charge in [0.25, 0.3) is 0 Å². The maximum Gasteiger partial charge on any atom is 0.204 e. The van der Waals surface area contributed by atoms with Crippen LogP contribution in [0.2, 0.25) is 0 Å². The van der Waals surface area contributed by atoms with Gasteiger partial charge in [-0.1, -0.05) is 11.6 Å². The van der Waals surface area contributed by atoms with E-state index in [0.29, 0.717) is 30.1 Å². The second-order valence-corrected chi connectivity index (χ2v) is 7.01. The summed E-state index contributed by atoms with van der Waals surface area (Å²) >= 11 is 1.17. The monoisotopic (exact) mass is 350 g/mol. The lowest BCUT2D eigenvalue weighted by Crippen LogP contribution is -2.48. The number of aliphatic imine (C=N–C) groups is 1. The van der Waals surface area contributed by atoms with Crippen molar-refractivity contribution in [1.29, 1.82) is 0 Å². The van der Waals surface area contributed by atoms with Crippen LogP contribution >= 0.6 is 11.7 Å². The van der Waals surface area contributed by atoms with Crippen LogP contribution < -0.4 is 4.90 Å². The van der Waals surface area contributed by atoms with Crippen LogP contribution in [0, 0.1) is 6.92 Å². The first-order valence-electron chi connectivity index (χ1n) is 8.03. The number of aryl methyl sites for hydroxylation is 1. The van der Waals surface area contributed by atoms with Gasteiger partial charge >= 0.3 is 0 Å². The highest BCUT2D eigenvalue weighted by Gasteiger charge is 2.52. The zero-order valence-corrected chi connectivity index (χ0v) is 14.2. The molecule has 124 valence electrons. The average Bonchev–Trinajstić information content (AvgIpc) is 3.20. The molecule has 0 radical (unpaired) electrons. The van der Waals surface area contributed by atoms with Gasteiger partial charge in [-0.05, 0) is 37.3 Å². The van der Waals surface area contributed by atoms with E-state index in [0.717, 1.165) is 22.3 Å². The quantitative estimate of drug-likeness (QED) is 0.730. The van der Waals surface area contributed by atoms with Crippen molar-refractivity contribution in [2.24, 2.45) is 4.99 Å². The summed E-state index contributed by atoms with van der Waals surface area (Å²) in [7, 11) is 0. The number of hydrogen-bond donors (Lipinski definition) is 1. The number of aromatic nitrogens is 2. The first-order chi connectivity index (χ1) is 12.1. The molecule has 2 aromatic carbocycles. The lowest BCUT2D eigenvalue weighted by Gasteiger charge is -2.29. The number of ketones is 1. The Morgan fingerprint density at radius 3 is 2.88 bits per heavy atom. The first kappa shape index (κ1) is 14.7. The minimum atomic E-state index is -1.56. The summed E-state index contributed by atoms with van der Waals surface area (Å²) in [5.74, 6) is 0.131. The number of Topliss-reactive ketones (excluding diaryl/α,β-unsaturated/α-hetero) is 1. The molecule has 3 aromatic rings. The Kier molecular flexibility index (Phi) is 2.90. The van der Waals surface area contributed by atoms with Crippen LogP contribution in [0.5, 0.6) is 0 Å². The first-order valence-corrected chi connectivity index (χ1v) is 8.76. The second kappa shape index (κ2) is 4.93. The number of aliphatic hydroxyl groups is 1. The van der Waals surface area contributed by atoms with Gasteiger partial charge in [0.1, 0.15) is 16.9 Å². The summed E-state index contributed by atoms with van der Waals surface area (Å²) in [5.41, 5.74) is 3.02. The summed E-state index contributed by atoms with van der Waals surface area (Å²) in [4.78, 5) is 19.5. The molecule has 0 spiro atoms. The van der Waals surface area contributed by atoms with E-state index in [1.807, 2.05) is 42.2 Å². The third-order valence-electron chi connectivity index (χ3n) is 4.87. The van der Waals surface area contributed by atoms with Crippen molar-refractivity contribution in [3.8, 4) is 0 Å². The number of carbonyl (C=O) groups is 1. The van der Waals surface area contributed by atoms with E-state index in [2.05, 4.69) is 13.7 Å². The molecule has 0 aliphatic carbocycles. The van der Waals surface area contributed by atoms with Crippen LogP contribution in [0.3, 0.4) is 0 Å². The van der Waals surface area contributed by atoms with Gasteiger partial charge < -0.3 is 10.0 Å². The van der Waals surface area contributed by atoms with Gasteiger partial charge in [-0.3, -0.25) is 4.79 Å². The van der Waals surface area contributed by atoms with Crippen molar-refractivity contribution in [1.82, 2.24) is 8.75 Å². The SMILES string of the molecule is Cc1ccc2c(c1)C(=O)[C@]1(O)CCN(c3ccc4nsnc4c3)C1=N2. The van der Waals surface area contributed by atoms with Crippen molar-refractivity contribution >= 4 is 45.8 Å². The molecule has 0 saturated carbocycles. The standard InChI is InChI=1S/C18H14N4O2S/c1-10-2-4-13-12(8-10)16(23)18(24)6-7-22(17(18)19-13)11-3-5-14-15(9-11)21-25-20-14/h2-5,8-9,24H,6-7H2,1H3/t18-/m1/s1. The molecule has 0 unspecified atom stereocenters. The Morgan fingerprint density at radius 1 is 1.16 bits per heavy atom. The van der Waals surface area contributed by atoms with E-state index in [9.17, 15) is 9.90 Å². The normalized spacial score (nSPS) is 22.1. The molecule has 0 amide bonds. The molecule has 3 heterocycles. The summed E-state index contributed by atoms with van der Waals surface area (Å²) in [6.07, 6.45) is 0.325. The highest BCUT2D eigenvalue weighted by Crippen LogP contribution is 2.40. The third kappa shape index (κ3) is 1.99. The molecular weight excluding hydrogens is 336 g/mol. The molecule has 1 fully saturated rings. The molecule has 1 saturated heterocycles. The highest BCUT2D eigenvalue weighted by molar-refractivity contribution is 7.00. The van der Waals surface area contributed by atoms with Gasteiger partial charge in [0.15, 0.2) is 5.60 Å². The number of rotatable bonds is 1. The van der Waals surface area contributed by atoms with Gasteiger partial charge in [-0.25, -0.2) is 4.99 Å². The van der Waals surface area contributed by atoms with Crippen LogP contribution in [0.1, 0.15) is 22.3 Å². The van der Waals surface area contributed by atoms with Crippen molar-refractivity contribution in [2.75, 3.05) is 11.4 Å². The maximum atomic E-state index is 12.9. The van der Waals surface area contributed by atoms with Crippen LogP contribution in [-0.4, -0.2) is 37.6 Å². The maximum absolute atomic E-state index is 12.9. The zero-order valence-electron chi connectivity index (χ0n) is 13.4. The van der Waals surface area contributed by atoms with Crippen molar-refractivity contribution in [3.63, 3.8) is 0 Å². The molecule has 1 aromatic heterocycles. The topological polar surface area (TPSA) is 78.7 Å². The Labute approximate surface area is 147 Å². The van der Waals surface area contributed by atoms with Gasteiger partial charge in [0, 0.05) is 24.2 Å². The molecular formula is C18H14N4O2S. The molecule has 1 N–H and O–H groups in total. The zero-order chi connectivity index (χ0) is 17.2. The largest absolute Gasteiger partial charge is 0.374 e. The predicted molar refractivity (Wildman–Crippen MR) is 96.9 cm³/mol. The molecule has 0 bridgehead atoms. The molecule has 25 heavy (non-hydrogen) atoms. The van der Waals surface area contributed by atoms with Crippen molar-refractivity contribution < 1.29 is 9.90 Å². The fraction of sp³-hybridized carbons (Fsp3) is 0.222. The number of amidine groups is 1. The minimum Gasteiger partial charge on any atom is -0.374 e. The number of hydrogen-bond acceptors (Lipinski definition) is 7. The smallest absolute Gasteiger partial charge is 0.204 e. The van der Waals surface area contributed by atoms with E-state index in [1.165, 1.54) is 11.7 Å². The molecule has 2 aliphatic rings. The van der Waals surface area contributed by atoms with Crippen LogP contribution in [0.25, 0.3) is 11.0 Å². The van der Waals surface area contributed by atoms with E-state index in [1.54, 1.807) is 6.07 Å². The Hall–Kier alpha value is -2.64.